The van der Waals surface area contributed by atoms with Crippen LogP contribution in [-0.4, -0.2) is 53.5 Å². The van der Waals surface area contributed by atoms with Crippen molar-refractivity contribution in [3.63, 3.8) is 0 Å². The third-order valence-electron chi connectivity index (χ3n) is 4.46. The fourth-order valence-electron chi connectivity index (χ4n) is 3.10. The number of aromatic nitrogens is 4. The van der Waals surface area contributed by atoms with E-state index >= 15 is 0 Å². The SMILES string of the molecule is CCO/N=C1\CCN(S(C)(=O)=O)c2ncc(-c3sc(-c4cccnc4)nc3C)nc21. The number of anilines is 1. The van der Waals surface area contributed by atoms with Crippen molar-refractivity contribution in [2.45, 2.75) is 20.3 Å². The molecule has 0 spiro atoms. The molecule has 11 heteroatoms. The highest BCUT2D eigenvalue weighted by atomic mass is 32.2. The van der Waals surface area contributed by atoms with Gasteiger partial charge in [-0.3, -0.25) is 9.29 Å². The Hall–Kier alpha value is -2.92. The molecule has 156 valence electrons. The second kappa shape index (κ2) is 8.07. The van der Waals surface area contributed by atoms with Crippen molar-refractivity contribution >= 4 is 32.9 Å². The van der Waals surface area contributed by atoms with Gasteiger partial charge in [0.05, 0.1) is 23.0 Å². The van der Waals surface area contributed by atoms with Gasteiger partial charge in [0.25, 0.3) is 0 Å². The van der Waals surface area contributed by atoms with E-state index in [9.17, 15) is 8.42 Å². The number of pyridine rings is 1. The normalized spacial score (nSPS) is 15.3. The first-order valence-corrected chi connectivity index (χ1v) is 12.0. The van der Waals surface area contributed by atoms with E-state index in [1.54, 1.807) is 18.6 Å². The van der Waals surface area contributed by atoms with Crippen molar-refractivity contribution in [1.82, 2.24) is 19.9 Å². The van der Waals surface area contributed by atoms with Crippen molar-refractivity contribution in [1.29, 1.82) is 0 Å². The predicted octanol–water partition coefficient (Wildman–Crippen LogP) is 2.88. The summed E-state index contributed by atoms with van der Waals surface area (Å²) in [6.45, 7) is 4.39. The Labute approximate surface area is 178 Å². The van der Waals surface area contributed by atoms with E-state index in [2.05, 4.69) is 20.1 Å². The lowest BCUT2D eigenvalue weighted by Gasteiger charge is -2.27. The minimum atomic E-state index is -3.48. The molecule has 1 aliphatic rings. The topological polar surface area (TPSA) is 111 Å². The molecule has 3 aromatic rings. The Morgan fingerprint density at radius 2 is 2.13 bits per heavy atom. The molecule has 0 aromatic carbocycles. The van der Waals surface area contributed by atoms with Crippen LogP contribution < -0.4 is 4.31 Å². The van der Waals surface area contributed by atoms with Crippen molar-refractivity contribution in [2.24, 2.45) is 5.16 Å². The molecule has 0 atom stereocenters. The number of sulfonamides is 1. The Balaban J connectivity index is 1.81. The molecule has 0 saturated heterocycles. The maximum absolute atomic E-state index is 12.2. The first-order valence-electron chi connectivity index (χ1n) is 9.30. The van der Waals surface area contributed by atoms with Gasteiger partial charge in [-0.05, 0) is 26.0 Å². The summed E-state index contributed by atoms with van der Waals surface area (Å²) in [4.78, 5) is 24.0. The number of oxime groups is 1. The molecule has 3 aromatic heterocycles. The third-order valence-corrected chi connectivity index (χ3v) is 6.84. The van der Waals surface area contributed by atoms with E-state index in [0.29, 0.717) is 30.1 Å². The molecule has 0 fully saturated rings. The zero-order valence-corrected chi connectivity index (χ0v) is 18.4. The maximum Gasteiger partial charge on any atom is 0.233 e. The lowest BCUT2D eigenvalue weighted by Crippen LogP contribution is -2.38. The van der Waals surface area contributed by atoms with E-state index in [1.165, 1.54) is 15.6 Å². The van der Waals surface area contributed by atoms with E-state index in [1.807, 2.05) is 26.0 Å². The molecule has 1 aliphatic heterocycles. The van der Waals surface area contributed by atoms with Crippen LogP contribution in [0.2, 0.25) is 0 Å². The number of hydrogen-bond acceptors (Lipinski definition) is 9. The summed E-state index contributed by atoms with van der Waals surface area (Å²) >= 11 is 1.49. The number of hydrogen-bond donors (Lipinski definition) is 0. The van der Waals surface area contributed by atoms with E-state index in [4.69, 9.17) is 9.82 Å². The Morgan fingerprint density at radius 1 is 1.30 bits per heavy atom. The monoisotopic (exact) mass is 444 g/mol. The quantitative estimate of drug-likeness (QED) is 0.556. The van der Waals surface area contributed by atoms with Crippen LogP contribution in [0.3, 0.4) is 0 Å². The summed E-state index contributed by atoms with van der Waals surface area (Å²) in [5.41, 5.74) is 3.33. The molecular formula is C19H20N6O3S2. The van der Waals surface area contributed by atoms with Gasteiger partial charge in [0.15, 0.2) is 5.82 Å². The molecule has 4 heterocycles. The van der Waals surface area contributed by atoms with E-state index in [-0.39, 0.29) is 12.4 Å². The molecule has 0 bridgehead atoms. The molecule has 0 saturated carbocycles. The summed E-state index contributed by atoms with van der Waals surface area (Å²) < 4.78 is 25.7. The molecule has 30 heavy (non-hydrogen) atoms. The minimum absolute atomic E-state index is 0.247. The smallest absolute Gasteiger partial charge is 0.233 e. The van der Waals surface area contributed by atoms with Gasteiger partial charge in [0, 0.05) is 30.9 Å². The first kappa shape index (κ1) is 20.4. The maximum atomic E-state index is 12.2. The van der Waals surface area contributed by atoms with Crippen LogP contribution in [0.15, 0.2) is 35.9 Å². The third kappa shape index (κ3) is 3.90. The zero-order valence-electron chi connectivity index (χ0n) is 16.7. The summed E-state index contributed by atoms with van der Waals surface area (Å²) in [5.74, 6) is 0.264. The fraction of sp³-hybridized carbons (Fsp3) is 0.316. The number of rotatable bonds is 5. The number of fused-ring (bicyclic) bond motifs is 1. The van der Waals surface area contributed by atoms with Gasteiger partial charge < -0.3 is 4.84 Å². The molecule has 0 unspecified atom stereocenters. The van der Waals surface area contributed by atoms with Gasteiger partial charge in [0.2, 0.25) is 10.0 Å². The highest BCUT2D eigenvalue weighted by Gasteiger charge is 2.31. The second-order valence-corrected chi connectivity index (χ2v) is 9.55. The number of thiazole rings is 1. The lowest BCUT2D eigenvalue weighted by atomic mass is 10.1. The molecule has 9 nitrogen and oxygen atoms in total. The standard InChI is InChI=1S/C19H20N6O3S2/c1-4-28-24-14-7-9-25(30(3,26)27)18-16(14)23-15(11-21-18)17-12(2)22-19(29-17)13-6-5-8-20-10-13/h5-6,8,10-11H,4,7,9H2,1-3H3/b24-14+. The Bertz CT molecular complexity index is 1210. The Kier molecular flexibility index (Phi) is 5.48. The van der Waals surface area contributed by atoms with Crippen LogP contribution in [0.4, 0.5) is 5.82 Å². The summed E-state index contributed by atoms with van der Waals surface area (Å²) in [6.07, 6.45) is 6.60. The van der Waals surface area contributed by atoms with Gasteiger partial charge in [-0.2, -0.15) is 0 Å². The average Bonchev–Trinajstić information content (AvgIpc) is 3.13. The number of aryl methyl sites for hydroxylation is 1. The first-order chi connectivity index (χ1) is 14.4. The average molecular weight is 445 g/mol. The van der Waals surface area contributed by atoms with Gasteiger partial charge in [-0.1, -0.05) is 5.16 Å². The van der Waals surface area contributed by atoms with Crippen LogP contribution >= 0.6 is 11.3 Å². The van der Waals surface area contributed by atoms with Crippen LogP contribution in [0.5, 0.6) is 0 Å². The molecule has 0 N–H and O–H groups in total. The van der Waals surface area contributed by atoms with Gasteiger partial charge in [0.1, 0.15) is 28.7 Å². The van der Waals surface area contributed by atoms with Crippen molar-refractivity contribution in [2.75, 3.05) is 23.7 Å². The van der Waals surface area contributed by atoms with Crippen molar-refractivity contribution in [3.05, 3.63) is 42.1 Å². The molecule has 4 rings (SSSR count). The summed E-state index contributed by atoms with van der Waals surface area (Å²) in [6, 6.07) is 3.81. The second-order valence-electron chi connectivity index (χ2n) is 6.64. The largest absolute Gasteiger partial charge is 0.396 e. The molecule has 0 aliphatic carbocycles. The molecule has 0 amide bonds. The minimum Gasteiger partial charge on any atom is -0.396 e. The predicted molar refractivity (Wildman–Crippen MR) is 116 cm³/mol. The van der Waals surface area contributed by atoms with Crippen LogP contribution in [0.25, 0.3) is 21.1 Å². The Morgan fingerprint density at radius 3 is 2.83 bits per heavy atom. The van der Waals surface area contributed by atoms with E-state index in [0.717, 1.165) is 27.4 Å². The molecular weight excluding hydrogens is 424 g/mol. The van der Waals surface area contributed by atoms with Gasteiger partial charge in [-0.25, -0.2) is 23.4 Å². The highest BCUT2D eigenvalue weighted by Crippen LogP contribution is 2.35. The van der Waals surface area contributed by atoms with Gasteiger partial charge >= 0.3 is 0 Å². The summed E-state index contributed by atoms with van der Waals surface area (Å²) in [7, 11) is -3.48. The van der Waals surface area contributed by atoms with Gasteiger partial charge in [-0.15, -0.1) is 11.3 Å². The lowest BCUT2D eigenvalue weighted by molar-refractivity contribution is 0.158. The van der Waals surface area contributed by atoms with Crippen molar-refractivity contribution in [3.8, 4) is 21.1 Å². The summed E-state index contributed by atoms with van der Waals surface area (Å²) in [5, 5.41) is 4.97. The van der Waals surface area contributed by atoms with Crippen LogP contribution in [0, 0.1) is 6.92 Å². The molecule has 0 radical (unpaired) electrons. The van der Waals surface area contributed by atoms with Crippen LogP contribution in [-0.2, 0) is 14.9 Å². The van der Waals surface area contributed by atoms with E-state index < -0.39 is 10.0 Å². The number of nitrogens with zero attached hydrogens (tertiary/aromatic N) is 6. The van der Waals surface area contributed by atoms with Crippen molar-refractivity contribution < 1.29 is 13.3 Å². The fourth-order valence-corrected chi connectivity index (χ4v) is 4.98. The van der Waals surface area contributed by atoms with Crippen LogP contribution in [0.1, 0.15) is 24.7 Å². The zero-order chi connectivity index (χ0) is 21.3. The highest BCUT2D eigenvalue weighted by molar-refractivity contribution is 7.92.